The van der Waals surface area contributed by atoms with Gasteiger partial charge in [0.05, 0.1) is 11.2 Å². The van der Waals surface area contributed by atoms with Crippen LogP contribution in [0.3, 0.4) is 0 Å². The summed E-state index contributed by atoms with van der Waals surface area (Å²) < 4.78 is 0. The van der Waals surface area contributed by atoms with E-state index in [4.69, 9.17) is 5.73 Å². The van der Waals surface area contributed by atoms with Gasteiger partial charge in [0.2, 0.25) is 5.91 Å². The molecule has 86 valence electrons. The van der Waals surface area contributed by atoms with Crippen LogP contribution >= 0.6 is 0 Å². The van der Waals surface area contributed by atoms with E-state index in [2.05, 4.69) is 10.3 Å². The van der Waals surface area contributed by atoms with Gasteiger partial charge in [0.15, 0.2) is 0 Å². The molecule has 16 heavy (non-hydrogen) atoms. The fourth-order valence-electron chi connectivity index (χ4n) is 1.66. The molecule has 0 radical (unpaired) electrons. The summed E-state index contributed by atoms with van der Waals surface area (Å²) in [7, 11) is 0. The topological polar surface area (TPSA) is 88.2 Å². The maximum Gasteiger partial charge on any atom is 0.250 e. The van der Waals surface area contributed by atoms with Gasteiger partial charge in [-0.25, -0.2) is 4.98 Å². The molecule has 1 aliphatic carbocycles. The van der Waals surface area contributed by atoms with Crippen molar-refractivity contribution in [3.05, 3.63) is 23.9 Å². The van der Waals surface area contributed by atoms with Crippen molar-refractivity contribution in [2.45, 2.75) is 24.9 Å². The average Bonchev–Trinajstić information content (AvgIpc) is 2.24. The molecule has 5 heteroatoms. The zero-order valence-corrected chi connectivity index (χ0v) is 8.94. The van der Waals surface area contributed by atoms with Gasteiger partial charge in [-0.15, -0.1) is 0 Å². The number of aliphatic hydroxyl groups is 1. The minimum Gasteiger partial charge on any atom is -0.388 e. The molecule has 1 saturated carbocycles. The average molecular weight is 221 g/mol. The third kappa shape index (κ3) is 2.30. The van der Waals surface area contributed by atoms with Crippen molar-refractivity contribution < 1.29 is 9.90 Å². The van der Waals surface area contributed by atoms with Crippen molar-refractivity contribution in [3.63, 3.8) is 0 Å². The summed E-state index contributed by atoms with van der Waals surface area (Å²) in [5.41, 5.74) is 4.90. The highest BCUT2D eigenvalue weighted by molar-refractivity contribution is 5.92. The number of hydrogen-bond donors (Lipinski definition) is 3. The van der Waals surface area contributed by atoms with Crippen LogP contribution in [0.25, 0.3) is 0 Å². The van der Waals surface area contributed by atoms with E-state index >= 15 is 0 Å². The van der Waals surface area contributed by atoms with Gasteiger partial charge in [-0.2, -0.15) is 0 Å². The highest BCUT2D eigenvalue weighted by Crippen LogP contribution is 2.31. The molecule has 0 spiro atoms. The Morgan fingerprint density at radius 1 is 1.56 bits per heavy atom. The molecule has 1 heterocycles. The molecule has 5 nitrogen and oxygen atoms in total. The van der Waals surface area contributed by atoms with Crippen molar-refractivity contribution in [2.75, 3.05) is 11.9 Å². The number of nitrogens with two attached hydrogens (primary N) is 1. The number of amides is 1. The van der Waals surface area contributed by atoms with Crippen LogP contribution in [0.15, 0.2) is 18.3 Å². The van der Waals surface area contributed by atoms with Crippen LogP contribution in [0, 0.1) is 0 Å². The Kier molecular flexibility index (Phi) is 2.78. The second-order valence-electron chi connectivity index (χ2n) is 4.23. The number of carbonyl (C=O) groups excluding carboxylic acids is 1. The monoisotopic (exact) mass is 221 g/mol. The first-order chi connectivity index (χ1) is 7.59. The van der Waals surface area contributed by atoms with Crippen LogP contribution in [0.5, 0.6) is 0 Å². The SMILES string of the molecule is NC(=O)c1ccc(NCC2(O)CCC2)nc1. The van der Waals surface area contributed by atoms with E-state index in [1.807, 2.05) is 0 Å². The van der Waals surface area contributed by atoms with Crippen LogP contribution in [-0.4, -0.2) is 28.1 Å². The fraction of sp³-hybridized carbons (Fsp3) is 0.455. The van der Waals surface area contributed by atoms with Gasteiger partial charge in [-0.1, -0.05) is 0 Å². The molecule has 0 aromatic carbocycles. The quantitative estimate of drug-likeness (QED) is 0.691. The van der Waals surface area contributed by atoms with Crippen molar-refractivity contribution in [2.24, 2.45) is 5.73 Å². The zero-order chi connectivity index (χ0) is 11.6. The number of primary amides is 1. The molecule has 0 saturated heterocycles. The lowest BCUT2D eigenvalue weighted by Crippen LogP contribution is -2.43. The third-order valence-electron chi connectivity index (χ3n) is 2.93. The summed E-state index contributed by atoms with van der Waals surface area (Å²) in [5.74, 6) is 0.155. The molecule has 0 atom stereocenters. The number of carbonyl (C=O) groups is 1. The highest BCUT2D eigenvalue weighted by atomic mass is 16.3. The summed E-state index contributed by atoms with van der Waals surface area (Å²) in [5, 5.41) is 12.9. The molecule has 1 aromatic rings. The Bertz CT molecular complexity index is 385. The lowest BCUT2D eigenvalue weighted by Gasteiger charge is -2.36. The Balaban J connectivity index is 1.92. The van der Waals surface area contributed by atoms with Gasteiger partial charge in [-0.05, 0) is 31.4 Å². The lowest BCUT2D eigenvalue weighted by molar-refractivity contribution is -0.0202. The molecule has 2 rings (SSSR count). The molecular weight excluding hydrogens is 206 g/mol. The number of pyridine rings is 1. The predicted molar refractivity (Wildman–Crippen MR) is 60.0 cm³/mol. The number of nitrogens with one attached hydrogen (secondary N) is 1. The van der Waals surface area contributed by atoms with Crippen molar-refractivity contribution in [3.8, 4) is 0 Å². The molecular formula is C11H15N3O2. The fourth-order valence-corrected chi connectivity index (χ4v) is 1.66. The van der Waals surface area contributed by atoms with Crippen molar-refractivity contribution in [1.29, 1.82) is 0 Å². The lowest BCUT2D eigenvalue weighted by atomic mass is 9.80. The maximum atomic E-state index is 10.8. The largest absolute Gasteiger partial charge is 0.388 e. The van der Waals surface area contributed by atoms with E-state index in [1.165, 1.54) is 6.20 Å². The molecule has 4 N–H and O–H groups in total. The van der Waals surface area contributed by atoms with Gasteiger partial charge >= 0.3 is 0 Å². The summed E-state index contributed by atoms with van der Waals surface area (Å²) in [4.78, 5) is 14.8. The van der Waals surface area contributed by atoms with Gasteiger partial charge in [-0.3, -0.25) is 4.79 Å². The van der Waals surface area contributed by atoms with Gasteiger partial charge in [0.1, 0.15) is 5.82 Å². The van der Waals surface area contributed by atoms with Crippen molar-refractivity contribution in [1.82, 2.24) is 4.98 Å². The Hall–Kier alpha value is -1.62. The van der Waals surface area contributed by atoms with Gasteiger partial charge < -0.3 is 16.2 Å². The second kappa shape index (κ2) is 4.09. The normalized spacial score (nSPS) is 17.6. The molecule has 1 aliphatic rings. The first-order valence-electron chi connectivity index (χ1n) is 5.31. The molecule has 1 fully saturated rings. The summed E-state index contributed by atoms with van der Waals surface area (Å²) in [6.45, 7) is 0.496. The molecule has 0 aliphatic heterocycles. The number of hydrogen-bond acceptors (Lipinski definition) is 4. The van der Waals surface area contributed by atoms with E-state index in [1.54, 1.807) is 12.1 Å². The minimum absolute atomic E-state index is 0.382. The van der Waals surface area contributed by atoms with E-state index < -0.39 is 11.5 Å². The standard InChI is InChI=1S/C11H15N3O2/c12-10(15)8-2-3-9(13-6-8)14-7-11(16)4-1-5-11/h2-3,6,16H,1,4-5,7H2,(H2,12,15)(H,13,14). The van der Waals surface area contributed by atoms with Crippen LogP contribution in [0.4, 0.5) is 5.82 Å². The van der Waals surface area contributed by atoms with Gasteiger partial charge in [0, 0.05) is 12.7 Å². The smallest absolute Gasteiger partial charge is 0.250 e. The second-order valence-corrected chi connectivity index (χ2v) is 4.23. The minimum atomic E-state index is -0.579. The molecule has 0 bridgehead atoms. The Morgan fingerprint density at radius 3 is 2.75 bits per heavy atom. The van der Waals surface area contributed by atoms with E-state index in [0.29, 0.717) is 17.9 Å². The molecule has 0 unspecified atom stereocenters. The number of nitrogens with zero attached hydrogens (tertiary/aromatic N) is 1. The number of rotatable bonds is 4. The van der Waals surface area contributed by atoms with Crippen LogP contribution in [-0.2, 0) is 0 Å². The number of aromatic nitrogens is 1. The van der Waals surface area contributed by atoms with E-state index in [0.717, 1.165) is 19.3 Å². The molecule has 1 amide bonds. The van der Waals surface area contributed by atoms with E-state index in [-0.39, 0.29) is 0 Å². The maximum absolute atomic E-state index is 10.8. The Morgan fingerprint density at radius 2 is 2.31 bits per heavy atom. The van der Waals surface area contributed by atoms with Gasteiger partial charge in [0.25, 0.3) is 0 Å². The summed E-state index contributed by atoms with van der Waals surface area (Å²) in [6, 6.07) is 3.30. The predicted octanol–water partition coefficient (Wildman–Crippen LogP) is 0.507. The number of anilines is 1. The van der Waals surface area contributed by atoms with Crippen LogP contribution < -0.4 is 11.1 Å². The highest BCUT2D eigenvalue weighted by Gasteiger charge is 2.33. The molecule has 1 aromatic heterocycles. The van der Waals surface area contributed by atoms with Crippen LogP contribution in [0.1, 0.15) is 29.6 Å². The Labute approximate surface area is 93.7 Å². The van der Waals surface area contributed by atoms with E-state index in [9.17, 15) is 9.90 Å². The summed E-state index contributed by atoms with van der Waals surface area (Å²) >= 11 is 0. The van der Waals surface area contributed by atoms with Crippen molar-refractivity contribution >= 4 is 11.7 Å². The first kappa shape index (κ1) is 10.9. The zero-order valence-electron chi connectivity index (χ0n) is 8.94. The third-order valence-corrected chi connectivity index (χ3v) is 2.93. The summed E-state index contributed by atoms with van der Waals surface area (Å²) in [6.07, 6.45) is 4.17. The first-order valence-corrected chi connectivity index (χ1v) is 5.31. The van der Waals surface area contributed by atoms with Crippen LogP contribution in [0.2, 0.25) is 0 Å².